The van der Waals surface area contributed by atoms with E-state index in [-0.39, 0.29) is 17.6 Å². The molecule has 0 bridgehead atoms. The van der Waals surface area contributed by atoms with E-state index in [9.17, 15) is 4.79 Å². The highest BCUT2D eigenvalue weighted by atomic mass is 16.5. The third kappa shape index (κ3) is 6.54. The fourth-order valence-electron chi connectivity index (χ4n) is 0.912. The molecule has 13 heavy (non-hydrogen) atoms. The normalized spacial score (nSPS) is 14.2. The third-order valence-electron chi connectivity index (χ3n) is 1.63. The van der Waals surface area contributed by atoms with Gasteiger partial charge >= 0.3 is 0 Å². The molecule has 3 N–H and O–H groups in total. The molecule has 0 saturated carbocycles. The maximum Gasteiger partial charge on any atom is 0.234 e. The van der Waals surface area contributed by atoms with Crippen molar-refractivity contribution in [1.29, 1.82) is 0 Å². The van der Waals surface area contributed by atoms with Crippen LogP contribution in [0.5, 0.6) is 0 Å². The first-order chi connectivity index (χ1) is 5.87. The molecule has 0 saturated heterocycles. The number of hydrogen-bond acceptors (Lipinski definition) is 3. The van der Waals surface area contributed by atoms with Crippen molar-refractivity contribution in [1.82, 2.24) is 5.32 Å². The molecule has 1 amide bonds. The van der Waals surface area contributed by atoms with Crippen molar-refractivity contribution in [3.8, 4) is 0 Å². The number of hydrogen-bond donors (Lipinski definition) is 2. The molecule has 1 atom stereocenters. The number of ether oxygens (including phenoxy) is 1. The van der Waals surface area contributed by atoms with Gasteiger partial charge in [-0.1, -0.05) is 0 Å². The molecule has 0 aliphatic carbocycles. The van der Waals surface area contributed by atoms with Gasteiger partial charge in [-0.25, -0.2) is 0 Å². The molecule has 1 unspecified atom stereocenters. The number of carbonyl (C=O) groups excluding carboxylic acids is 1. The Morgan fingerprint density at radius 2 is 2.08 bits per heavy atom. The van der Waals surface area contributed by atoms with E-state index in [1.807, 2.05) is 20.8 Å². The Kier molecular flexibility index (Phi) is 4.95. The monoisotopic (exact) mass is 188 g/mol. The number of carbonyl (C=O) groups is 1. The number of nitrogens with one attached hydrogen (secondary N) is 1. The van der Waals surface area contributed by atoms with Crippen molar-refractivity contribution in [2.24, 2.45) is 5.73 Å². The molecular weight excluding hydrogens is 168 g/mol. The summed E-state index contributed by atoms with van der Waals surface area (Å²) in [5, 5.41) is 2.83. The first-order valence-corrected chi connectivity index (χ1v) is 4.47. The molecule has 0 spiro atoms. The number of nitrogens with two attached hydrogens (primary N) is 1. The van der Waals surface area contributed by atoms with Crippen molar-refractivity contribution in [3.05, 3.63) is 0 Å². The molecule has 0 aromatic rings. The number of primary amides is 1. The summed E-state index contributed by atoms with van der Waals surface area (Å²) in [4.78, 5) is 10.8. The van der Waals surface area contributed by atoms with E-state index in [2.05, 4.69) is 5.32 Å². The van der Waals surface area contributed by atoms with Crippen molar-refractivity contribution in [3.63, 3.8) is 0 Å². The second-order valence-electron chi connectivity index (χ2n) is 3.99. The largest absolute Gasteiger partial charge is 0.376 e. The summed E-state index contributed by atoms with van der Waals surface area (Å²) in [6, 6.07) is -0.289. The third-order valence-corrected chi connectivity index (χ3v) is 1.63. The van der Waals surface area contributed by atoms with Crippen LogP contribution in [0.1, 0.15) is 27.2 Å². The highest BCUT2D eigenvalue weighted by Crippen LogP contribution is 2.07. The van der Waals surface area contributed by atoms with E-state index in [0.29, 0.717) is 13.0 Å². The van der Waals surface area contributed by atoms with Gasteiger partial charge in [0.25, 0.3) is 0 Å². The Morgan fingerprint density at radius 3 is 2.38 bits per heavy atom. The van der Waals surface area contributed by atoms with Crippen LogP contribution < -0.4 is 11.1 Å². The summed E-state index contributed by atoms with van der Waals surface area (Å²) < 4.78 is 5.46. The van der Waals surface area contributed by atoms with E-state index in [4.69, 9.17) is 10.5 Å². The molecule has 78 valence electrons. The van der Waals surface area contributed by atoms with Gasteiger partial charge in [-0.05, 0) is 34.2 Å². The van der Waals surface area contributed by atoms with E-state index in [1.54, 1.807) is 7.05 Å². The summed E-state index contributed by atoms with van der Waals surface area (Å²) in [5.74, 6) is -0.333. The second kappa shape index (κ2) is 5.19. The van der Waals surface area contributed by atoms with Crippen molar-refractivity contribution >= 4 is 5.91 Å². The lowest BCUT2D eigenvalue weighted by atomic mass is 10.1. The zero-order valence-electron chi connectivity index (χ0n) is 8.89. The average Bonchev–Trinajstić information content (AvgIpc) is 1.95. The summed E-state index contributed by atoms with van der Waals surface area (Å²) in [6.45, 7) is 6.47. The number of amides is 1. The Morgan fingerprint density at radius 1 is 1.54 bits per heavy atom. The predicted molar refractivity (Wildman–Crippen MR) is 52.4 cm³/mol. The lowest BCUT2D eigenvalue weighted by Gasteiger charge is -2.21. The fraction of sp³-hybridized carbons (Fsp3) is 0.889. The van der Waals surface area contributed by atoms with E-state index in [0.717, 1.165) is 0 Å². The molecule has 4 heteroatoms. The van der Waals surface area contributed by atoms with Crippen molar-refractivity contribution in [2.45, 2.75) is 38.8 Å². The van der Waals surface area contributed by atoms with Gasteiger partial charge in [-0.15, -0.1) is 0 Å². The Labute approximate surface area is 79.8 Å². The smallest absolute Gasteiger partial charge is 0.234 e. The maximum atomic E-state index is 10.8. The van der Waals surface area contributed by atoms with Crippen LogP contribution >= 0.6 is 0 Å². The summed E-state index contributed by atoms with van der Waals surface area (Å²) in [5.41, 5.74) is 4.98. The lowest BCUT2D eigenvalue weighted by molar-refractivity contribution is -0.120. The highest BCUT2D eigenvalue weighted by Gasteiger charge is 2.15. The first kappa shape index (κ1) is 12.4. The molecule has 0 aliphatic heterocycles. The Balaban J connectivity index is 3.68. The van der Waals surface area contributed by atoms with Gasteiger partial charge in [0, 0.05) is 6.61 Å². The Bertz CT molecular complexity index is 163. The van der Waals surface area contributed by atoms with E-state index < -0.39 is 0 Å². The minimum atomic E-state index is -0.333. The molecule has 0 aliphatic rings. The topological polar surface area (TPSA) is 64.3 Å². The first-order valence-electron chi connectivity index (χ1n) is 4.47. The average molecular weight is 188 g/mol. The predicted octanol–water partition coefficient (Wildman–Crippen LogP) is 0.265. The fourth-order valence-corrected chi connectivity index (χ4v) is 0.912. The minimum Gasteiger partial charge on any atom is -0.376 e. The zero-order chi connectivity index (χ0) is 10.5. The molecule has 0 rings (SSSR count). The minimum absolute atomic E-state index is 0.157. The number of likely N-dealkylation sites (N-methyl/N-ethyl adjacent to an activating group) is 1. The van der Waals surface area contributed by atoms with Gasteiger partial charge in [0.2, 0.25) is 5.91 Å². The van der Waals surface area contributed by atoms with E-state index >= 15 is 0 Å². The van der Waals surface area contributed by atoms with Gasteiger partial charge in [0.15, 0.2) is 0 Å². The molecule has 0 radical (unpaired) electrons. The van der Waals surface area contributed by atoms with Crippen LogP contribution in [0.4, 0.5) is 0 Å². The zero-order valence-corrected chi connectivity index (χ0v) is 8.89. The molecule has 0 heterocycles. The van der Waals surface area contributed by atoms with Crippen molar-refractivity contribution < 1.29 is 9.53 Å². The summed E-state index contributed by atoms with van der Waals surface area (Å²) in [7, 11) is 1.71. The maximum absolute atomic E-state index is 10.8. The van der Waals surface area contributed by atoms with Crippen LogP contribution in [0, 0.1) is 0 Å². The van der Waals surface area contributed by atoms with Gasteiger partial charge in [0.1, 0.15) is 0 Å². The standard InChI is InChI=1S/C9H20N2O2/c1-9(2,3)13-6-5-7(11-4)8(10)12/h7,11H,5-6H2,1-4H3,(H2,10,12). The van der Waals surface area contributed by atoms with Crippen LogP contribution in [0.2, 0.25) is 0 Å². The Hall–Kier alpha value is -0.610. The summed E-state index contributed by atoms with van der Waals surface area (Å²) in [6.07, 6.45) is 0.614. The number of rotatable bonds is 5. The van der Waals surface area contributed by atoms with Gasteiger partial charge in [0.05, 0.1) is 11.6 Å². The van der Waals surface area contributed by atoms with Crippen LogP contribution in [0.3, 0.4) is 0 Å². The van der Waals surface area contributed by atoms with Crippen LogP contribution in [0.25, 0.3) is 0 Å². The van der Waals surface area contributed by atoms with Gasteiger partial charge in [-0.3, -0.25) is 4.79 Å². The lowest BCUT2D eigenvalue weighted by Crippen LogP contribution is -2.40. The van der Waals surface area contributed by atoms with E-state index in [1.165, 1.54) is 0 Å². The van der Waals surface area contributed by atoms with Crippen LogP contribution in [0.15, 0.2) is 0 Å². The molecular formula is C9H20N2O2. The van der Waals surface area contributed by atoms with Crippen molar-refractivity contribution in [2.75, 3.05) is 13.7 Å². The molecule has 0 aromatic heterocycles. The summed E-state index contributed by atoms with van der Waals surface area (Å²) >= 11 is 0. The highest BCUT2D eigenvalue weighted by molar-refractivity contribution is 5.79. The van der Waals surface area contributed by atoms with Gasteiger partial charge < -0.3 is 15.8 Å². The van der Waals surface area contributed by atoms with Crippen LogP contribution in [-0.4, -0.2) is 31.2 Å². The second-order valence-corrected chi connectivity index (χ2v) is 3.99. The van der Waals surface area contributed by atoms with Crippen LogP contribution in [-0.2, 0) is 9.53 Å². The molecule has 4 nitrogen and oxygen atoms in total. The van der Waals surface area contributed by atoms with Gasteiger partial charge in [-0.2, -0.15) is 0 Å². The quantitative estimate of drug-likeness (QED) is 0.650. The molecule has 0 aromatic carbocycles. The SMILES string of the molecule is CNC(CCOC(C)(C)C)C(N)=O. The molecule has 0 fully saturated rings.